The molecule has 2 heterocycles. The normalized spacial score (nSPS) is 11.6. The molecule has 0 aliphatic heterocycles. The summed E-state index contributed by atoms with van der Waals surface area (Å²) in [6, 6.07) is 71.8. The highest BCUT2D eigenvalue weighted by atomic mass is 16.3. The summed E-state index contributed by atoms with van der Waals surface area (Å²) >= 11 is 0. The summed E-state index contributed by atoms with van der Waals surface area (Å²) in [7, 11) is 0. The fraction of sp³-hybridized carbons (Fsp3) is 0. The first-order valence-electron chi connectivity index (χ1n) is 20.5. The standard InChI is InChI=1S/C56H34N4O/c1-3-13-35(14-4-1)44-21-9-10-23-46(44)41-19-11-20-42(33-41)53-58-54(60-55(59-53)47-24-12-18-36-15-7-8-22-45(36)47)43-30-26-37-25-27-38-28-29-39-31-32-49-52(51(39)50(38)48(37)34-43)61-56(57-49)40-16-5-2-6-17-40/h1-34H. The van der Waals surface area contributed by atoms with E-state index in [1.54, 1.807) is 0 Å². The average Bonchev–Trinajstić information content (AvgIpc) is 3.79. The molecule has 0 fully saturated rings. The van der Waals surface area contributed by atoms with Gasteiger partial charge in [0, 0.05) is 33.0 Å². The maximum atomic E-state index is 6.63. The number of fused-ring (bicyclic) bond motifs is 8. The van der Waals surface area contributed by atoms with Gasteiger partial charge in [0.1, 0.15) is 5.52 Å². The van der Waals surface area contributed by atoms with Crippen LogP contribution in [0.2, 0.25) is 0 Å². The third-order valence-corrected chi connectivity index (χ3v) is 11.7. The maximum Gasteiger partial charge on any atom is 0.227 e. The van der Waals surface area contributed by atoms with Crippen LogP contribution in [0.5, 0.6) is 0 Å². The van der Waals surface area contributed by atoms with Crippen LogP contribution in [-0.4, -0.2) is 19.9 Å². The number of nitrogens with zero attached hydrogens (tertiary/aromatic N) is 4. The minimum Gasteiger partial charge on any atom is -0.435 e. The number of rotatable bonds is 6. The van der Waals surface area contributed by atoms with Gasteiger partial charge < -0.3 is 4.42 Å². The minimum atomic E-state index is 0.596. The zero-order valence-corrected chi connectivity index (χ0v) is 32.8. The van der Waals surface area contributed by atoms with E-state index in [0.29, 0.717) is 23.4 Å². The van der Waals surface area contributed by atoms with Crippen molar-refractivity contribution >= 4 is 54.2 Å². The van der Waals surface area contributed by atoms with Crippen molar-refractivity contribution in [2.45, 2.75) is 0 Å². The highest BCUT2D eigenvalue weighted by Crippen LogP contribution is 2.40. The summed E-state index contributed by atoms with van der Waals surface area (Å²) in [4.78, 5) is 20.7. The van der Waals surface area contributed by atoms with Crippen molar-refractivity contribution in [2.75, 3.05) is 0 Å². The van der Waals surface area contributed by atoms with Crippen LogP contribution in [0.15, 0.2) is 211 Å². The maximum absolute atomic E-state index is 6.63. The van der Waals surface area contributed by atoms with Crippen molar-refractivity contribution in [3.05, 3.63) is 206 Å². The van der Waals surface area contributed by atoms with Crippen molar-refractivity contribution in [3.8, 4) is 67.9 Å². The predicted molar refractivity (Wildman–Crippen MR) is 250 cm³/mol. The molecule has 0 saturated carbocycles. The second-order valence-corrected chi connectivity index (χ2v) is 15.4. The predicted octanol–water partition coefficient (Wildman–Crippen LogP) is 14.6. The van der Waals surface area contributed by atoms with Crippen LogP contribution in [0.4, 0.5) is 0 Å². The molecule has 0 atom stereocenters. The summed E-state index contributed by atoms with van der Waals surface area (Å²) in [5.41, 5.74) is 9.85. The highest BCUT2D eigenvalue weighted by Gasteiger charge is 2.19. The first-order valence-corrected chi connectivity index (χ1v) is 20.5. The SMILES string of the molecule is c1ccc(-c2nc3ccc4ccc5ccc6ccc(-c7nc(-c8cccc(-c9ccccc9-c9ccccc9)c8)nc(-c8cccc9ccccc89)n7)cc6c5c4c3o2)cc1. The van der Waals surface area contributed by atoms with E-state index in [0.717, 1.165) is 87.6 Å². The van der Waals surface area contributed by atoms with Crippen LogP contribution in [0.1, 0.15) is 0 Å². The molecule has 0 N–H and O–H groups in total. The molecule has 0 radical (unpaired) electrons. The molecule has 0 amide bonds. The van der Waals surface area contributed by atoms with Gasteiger partial charge in [-0.15, -0.1) is 0 Å². The summed E-state index contributed by atoms with van der Waals surface area (Å²) in [6.07, 6.45) is 0. The lowest BCUT2D eigenvalue weighted by atomic mass is 9.93. The lowest BCUT2D eigenvalue weighted by Gasteiger charge is -2.13. The minimum absolute atomic E-state index is 0.596. The largest absolute Gasteiger partial charge is 0.435 e. The van der Waals surface area contributed by atoms with Gasteiger partial charge in [0.2, 0.25) is 5.89 Å². The van der Waals surface area contributed by atoms with Crippen molar-refractivity contribution in [2.24, 2.45) is 0 Å². The van der Waals surface area contributed by atoms with Crippen molar-refractivity contribution in [1.29, 1.82) is 0 Å². The van der Waals surface area contributed by atoms with Gasteiger partial charge in [0.15, 0.2) is 23.1 Å². The van der Waals surface area contributed by atoms with Gasteiger partial charge in [-0.2, -0.15) is 0 Å². The topological polar surface area (TPSA) is 64.7 Å². The second kappa shape index (κ2) is 14.2. The lowest BCUT2D eigenvalue weighted by Crippen LogP contribution is -2.01. The quantitative estimate of drug-likeness (QED) is 0.157. The number of hydrogen-bond donors (Lipinski definition) is 0. The van der Waals surface area contributed by atoms with E-state index in [4.69, 9.17) is 24.4 Å². The van der Waals surface area contributed by atoms with E-state index < -0.39 is 0 Å². The van der Waals surface area contributed by atoms with Gasteiger partial charge in [0.25, 0.3) is 0 Å². The summed E-state index contributed by atoms with van der Waals surface area (Å²) in [6.45, 7) is 0. The number of oxazole rings is 1. The van der Waals surface area contributed by atoms with E-state index in [2.05, 4.69) is 170 Å². The Bertz CT molecular complexity index is 3640. The van der Waals surface area contributed by atoms with Gasteiger partial charge in [-0.3, -0.25) is 0 Å². The van der Waals surface area contributed by atoms with Crippen LogP contribution in [-0.2, 0) is 0 Å². The Kier molecular flexibility index (Phi) is 8.10. The molecule has 0 bridgehead atoms. The van der Waals surface area contributed by atoms with E-state index >= 15 is 0 Å². The first kappa shape index (κ1) is 34.7. The van der Waals surface area contributed by atoms with Gasteiger partial charge in [-0.05, 0) is 84.9 Å². The molecule has 2 aromatic heterocycles. The summed E-state index contributed by atoms with van der Waals surface area (Å²) in [5.74, 6) is 2.42. The molecule has 0 unspecified atom stereocenters. The van der Waals surface area contributed by atoms with E-state index in [-0.39, 0.29) is 0 Å². The fourth-order valence-corrected chi connectivity index (χ4v) is 8.79. The Morgan fingerprint density at radius 1 is 0.295 bits per heavy atom. The van der Waals surface area contributed by atoms with E-state index in [9.17, 15) is 0 Å². The molecule has 12 rings (SSSR count). The van der Waals surface area contributed by atoms with E-state index in [1.165, 1.54) is 11.1 Å². The van der Waals surface area contributed by atoms with Gasteiger partial charge in [-0.1, -0.05) is 176 Å². The van der Waals surface area contributed by atoms with Crippen molar-refractivity contribution in [1.82, 2.24) is 19.9 Å². The number of hydrogen-bond acceptors (Lipinski definition) is 5. The van der Waals surface area contributed by atoms with Crippen LogP contribution in [0.3, 0.4) is 0 Å². The molecule has 10 aromatic carbocycles. The van der Waals surface area contributed by atoms with Crippen molar-refractivity contribution in [3.63, 3.8) is 0 Å². The molecule has 0 spiro atoms. The molecule has 61 heavy (non-hydrogen) atoms. The summed E-state index contributed by atoms with van der Waals surface area (Å²) in [5, 5.41) is 8.74. The molecular weight excluding hydrogens is 745 g/mol. The van der Waals surface area contributed by atoms with Gasteiger partial charge in [0.05, 0.1) is 0 Å². The molecular formula is C56H34N4O. The smallest absolute Gasteiger partial charge is 0.227 e. The fourth-order valence-electron chi connectivity index (χ4n) is 8.79. The van der Waals surface area contributed by atoms with Crippen LogP contribution < -0.4 is 0 Å². The third kappa shape index (κ3) is 6.02. The molecule has 12 aromatic rings. The summed E-state index contributed by atoms with van der Waals surface area (Å²) < 4.78 is 6.63. The Balaban J connectivity index is 1.07. The highest BCUT2D eigenvalue weighted by molar-refractivity contribution is 6.26. The van der Waals surface area contributed by atoms with E-state index in [1.807, 2.05) is 36.4 Å². The van der Waals surface area contributed by atoms with Crippen LogP contribution in [0.25, 0.3) is 122 Å². The number of benzene rings is 10. The monoisotopic (exact) mass is 778 g/mol. The molecule has 0 saturated heterocycles. The Labute approximate surface area is 351 Å². The van der Waals surface area contributed by atoms with Gasteiger partial charge >= 0.3 is 0 Å². The molecule has 0 aliphatic carbocycles. The Morgan fingerprint density at radius 3 is 1.62 bits per heavy atom. The zero-order chi connectivity index (χ0) is 40.3. The Morgan fingerprint density at radius 2 is 0.820 bits per heavy atom. The molecule has 0 aliphatic rings. The third-order valence-electron chi connectivity index (χ3n) is 11.7. The molecule has 284 valence electrons. The second-order valence-electron chi connectivity index (χ2n) is 15.4. The molecule has 5 heteroatoms. The molecule has 5 nitrogen and oxygen atoms in total. The Hall–Kier alpha value is -8.28. The first-order chi connectivity index (χ1) is 30.2. The van der Waals surface area contributed by atoms with Crippen LogP contribution in [0, 0.1) is 0 Å². The number of aromatic nitrogens is 4. The lowest BCUT2D eigenvalue weighted by molar-refractivity contribution is 0.623. The van der Waals surface area contributed by atoms with Crippen LogP contribution >= 0.6 is 0 Å². The zero-order valence-electron chi connectivity index (χ0n) is 32.8. The van der Waals surface area contributed by atoms with Crippen molar-refractivity contribution < 1.29 is 4.42 Å². The van der Waals surface area contributed by atoms with Gasteiger partial charge in [-0.25, -0.2) is 19.9 Å². The average molecular weight is 779 g/mol.